The van der Waals surface area contributed by atoms with Crippen LogP contribution in [0.15, 0.2) is 66.0 Å². The van der Waals surface area contributed by atoms with Crippen molar-refractivity contribution in [3.63, 3.8) is 0 Å². The Morgan fingerprint density at radius 2 is 1.84 bits per heavy atom. The van der Waals surface area contributed by atoms with Crippen molar-refractivity contribution in [1.29, 1.82) is 0 Å². The van der Waals surface area contributed by atoms with Crippen LogP contribution in [0.5, 0.6) is 5.75 Å². The maximum absolute atomic E-state index is 12.6. The highest BCUT2D eigenvalue weighted by Crippen LogP contribution is 2.26. The second-order valence-electron chi connectivity index (χ2n) is 7.82. The van der Waals surface area contributed by atoms with Crippen molar-refractivity contribution in [2.24, 2.45) is 0 Å². The first kappa shape index (κ1) is 21.1. The van der Waals surface area contributed by atoms with Gasteiger partial charge in [-0.15, -0.1) is 11.3 Å². The summed E-state index contributed by atoms with van der Waals surface area (Å²) in [5, 5.41) is 4.98. The van der Waals surface area contributed by atoms with E-state index in [0.29, 0.717) is 23.9 Å². The number of nitrogens with zero attached hydrogens (tertiary/aromatic N) is 2. The molecule has 2 heterocycles. The smallest absolute Gasteiger partial charge is 0.261 e. The molecule has 0 aliphatic carbocycles. The van der Waals surface area contributed by atoms with Crippen molar-refractivity contribution >= 4 is 28.3 Å². The Balaban J connectivity index is 1.55. The molecule has 2 aromatic carbocycles. The Morgan fingerprint density at radius 3 is 2.61 bits per heavy atom. The average Bonchev–Trinajstić information content (AvgIpc) is 3.43. The number of rotatable bonds is 8. The van der Waals surface area contributed by atoms with Crippen molar-refractivity contribution in [3.05, 3.63) is 82.3 Å². The number of imidazole rings is 1. The van der Waals surface area contributed by atoms with E-state index in [1.807, 2.05) is 60.8 Å². The summed E-state index contributed by atoms with van der Waals surface area (Å²) >= 11 is 1.43. The Labute approximate surface area is 186 Å². The van der Waals surface area contributed by atoms with Crippen molar-refractivity contribution in [2.75, 3.05) is 6.61 Å². The molecule has 0 spiro atoms. The second-order valence-corrected chi connectivity index (χ2v) is 8.77. The van der Waals surface area contributed by atoms with Gasteiger partial charge in [-0.25, -0.2) is 4.98 Å². The molecule has 0 aliphatic heterocycles. The Hall–Kier alpha value is -3.12. The fourth-order valence-corrected chi connectivity index (χ4v) is 4.36. The van der Waals surface area contributed by atoms with E-state index in [-0.39, 0.29) is 11.9 Å². The van der Waals surface area contributed by atoms with Crippen molar-refractivity contribution in [3.8, 4) is 5.75 Å². The van der Waals surface area contributed by atoms with E-state index in [1.54, 1.807) is 0 Å². The van der Waals surface area contributed by atoms with E-state index >= 15 is 0 Å². The number of para-hydroxylation sites is 3. The molecule has 0 saturated carbocycles. The van der Waals surface area contributed by atoms with Gasteiger partial charge in [-0.3, -0.25) is 4.79 Å². The number of benzene rings is 2. The number of thiophene rings is 1. The molecule has 160 valence electrons. The predicted octanol–water partition coefficient (Wildman–Crippen LogP) is 5.79. The first-order chi connectivity index (χ1) is 15.0. The molecule has 0 aliphatic rings. The zero-order valence-corrected chi connectivity index (χ0v) is 18.9. The standard InChI is InChI=1S/C25H27N3O2S/c1-17(2)19-9-4-7-12-22(19)30-15-14-28-21-11-6-5-10-20(21)27-24(28)18(3)26-25(29)23-13-8-16-31-23/h4-13,16-18H,14-15H2,1-3H3,(H,26,29). The molecular formula is C25H27N3O2S. The maximum atomic E-state index is 12.6. The van der Waals surface area contributed by atoms with E-state index in [4.69, 9.17) is 9.72 Å². The average molecular weight is 434 g/mol. The lowest BCUT2D eigenvalue weighted by Gasteiger charge is -2.18. The number of aromatic nitrogens is 2. The highest BCUT2D eigenvalue weighted by Gasteiger charge is 2.19. The molecule has 4 aromatic rings. The van der Waals surface area contributed by atoms with Gasteiger partial charge in [0, 0.05) is 0 Å². The molecule has 4 rings (SSSR count). The third-order valence-electron chi connectivity index (χ3n) is 5.28. The van der Waals surface area contributed by atoms with Crippen molar-refractivity contribution in [1.82, 2.24) is 14.9 Å². The molecular weight excluding hydrogens is 406 g/mol. The molecule has 0 saturated heterocycles. The van der Waals surface area contributed by atoms with Crippen LogP contribution in [0.4, 0.5) is 0 Å². The normalized spacial score (nSPS) is 12.3. The Bertz CT molecular complexity index is 1160. The minimum atomic E-state index is -0.232. The molecule has 0 fully saturated rings. The minimum Gasteiger partial charge on any atom is -0.491 e. The number of carbonyl (C=O) groups excluding carboxylic acids is 1. The van der Waals surface area contributed by atoms with Gasteiger partial charge in [-0.1, -0.05) is 50.2 Å². The molecule has 6 heteroatoms. The van der Waals surface area contributed by atoms with Crippen molar-refractivity contribution in [2.45, 2.75) is 39.3 Å². The number of ether oxygens (including phenoxy) is 1. The summed E-state index contributed by atoms with van der Waals surface area (Å²) in [7, 11) is 0. The summed E-state index contributed by atoms with van der Waals surface area (Å²) in [6, 6.07) is 19.7. The van der Waals surface area contributed by atoms with E-state index in [9.17, 15) is 4.79 Å². The highest BCUT2D eigenvalue weighted by atomic mass is 32.1. The van der Waals surface area contributed by atoms with Crippen LogP contribution in [0.25, 0.3) is 11.0 Å². The quantitative estimate of drug-likeness (QED) is 0.383. The van der Waals surface area contributed by atoms with Gasteiger partial charge in [0.25, 0.3) is 5.91 Å². The lowest BCUT2D eigenvalue weighted by atomic mass is 10.0. The number of carbonyl (C=O) groups is 1. The van der Waals surface area contributed by atoms with E-state index < -0.39 is 0 Å². The Kier molecular flexibility index (Phi) is 6.37. The molecule has 31 heavy (non-hydrogen) atoms. The number of hydrogen-bond acceptors (Lipinski definition) is 4. The number of hydrogen-bond donors (Lipinski definition) is 1. The first-order valence-electron chi connectivity index (χ1n) is 10.6. The fourth-order valence-electron chi connectivity index (χ4n) is 3.74. The lowest BCUT2D eigenvalue weighted by molar-refractivity contribution is 0.0941. The summed E-state index contributed by atoms with van der Waals surface area (Å²) in [5.41, 5.74) is 3.16. The number of amides is 1. The SMILES string of the molecule is CC(C)c1ccccc1OCCn1c(C(C)NC(=O)c2cccs2)nc2ccccc21. The van der Waals surface area contributed by atoms with Crippen molar-refractivity contribution < 1.29 is 9.53 Å². The van der Waals surface area contributed by atoms with Gasteiger partial charge >= 0.3 is 0 Å². The van der Waals surface area contributed by atoms with Crippen LogP contribution in [-0.4, -0.2) is 22.1 Å². The van der Waals surface area contributed by atoms with E-state index in [1.165, 1.54) is 16.9 Å². The highest BCUT2D eigenvalue weighted by molar-refractivity contribution is 7.12. The van der Waals surface area contributed by atoms with Crippen LogP contribution < -0.4 is 10.1 Å². The van der Waals surface area contributed by atoms with Gasteiger partial charge in [0.2, 0.25) is 0 Å². The van der Waals surface area contributed by atoms with Crippen LogP contribution >= 0.6 is 11.3 Å². The summed E-state index contributed by atoms with van der Waals surface area (Å²) in [4.78, 5) is 18.1. The van der Waals surface area contributed by atoms with E-state index in [2.05, 4.69) is 35.9 Å². The minimum absolute atomic E-state index is 0.0804. The molecule has 0 bridgehead atoms. The number of fused-ring (bicyclic) bond motifs is 1. The van der Waals surface area contributed by atoms with Gasteiger partial charge in [0.15, 0.2) is 0 Å². The van der Waals surface area contributed by atoms with Gasteiger partial charge in [0.05, 0.1) is 28.5 Å². The van der Waals surface area contributed by atoms with Gasteiger partial charge in [-0.2, -0.15) is 0 Å². The molecule has 1 unspecified atom stereocenters. The molecule has 5 nitrogen and oxygen atoms in total. The maximum Gasteiger partial charge on any atom is 0.261 e. The van der Waals surface area contributed by atoms with Crippen LogP contribution in [0, 0.1) is 0 Å². The molecule has 1 amide bonds. The monoisotopic (exact) mass is 433 g/mol. The molecule has 0 radical (unpaired) electrons. The molecule has 1 N–H and O–H groups in total. The third-order valence-corrected chi connectivity index (χ3v) is 6.15. The summed E-state index contributed by atoms with van der Waals surface area (Å²) in [6.45, 7) is 7.46. The van der Waals surface area contributed by atoms with Crippen LogP contribution in [0.3, 0.4) is 0 Å². The Morgan fingerprint density at radius 1 is 1.06 bits per heavy atom. The topological polar surface area (TPSA) is 56.1 Å². The zero-order valence-electron chi connectivity index (χ0n) is 18.0. The van der Waals surface area contributed by atoms with Crippen LogP contribution in [-0.2, 0) is 6.54 Å². The molecule has 1 atom stereocenters. The fraction of sp³-hybridized carbons (Fsp3) is 0.280. The van der Waals surface area contributed by atoms with Gasteiger partial charge < -0.3 is 14.6 Å². The van der Waals surface area contributed by atoms with Crippen LogP contribution in [0.1, 0.15) is 53.8 Å². The summed E-state index contributed by atoms with van der Waals surface area (Å²) in [5.74, 6) is 2.06. The lowest BCUT2D eigenvalue weighted by Crippen LogP contribution is -2.28. The predicted molar refractivity (Wildman–Crippen MR) is 126 cm³/mol. The van der Waals surface area contributed by atoms with Crippen LogP contribution in [0.2, 0.25) is 0 Å². The number of nitrogens with one attached hydrogen (secondary N) is 1. The molecule has 2 aromatic heterocycles. The van der Waals surface area contributed by atoms with E-state index in [0.717, 1.165) is 22.6 Å². The first-order valence-corrected chi connectivity index (χ1v) is 11.4. The summed E-state index contributed by atoms with van der Waals surface area (Å²) in [6.07, 6.45) is 0. The third kappa shape index (κ3) is 4.64. The largest absolute Gasteiger partial charge is 0.491 e. The summed E-state index contributed by atoms with van der Waals surface area (Å²) < 4.78 is 8.31. The van der Waals surface area contributed by atoms with Gasteiger partial charge in [-0.05, 0) is 48.1 Å². The van der Waals surface area contributed by atoms with Gasteiger partial charge in [0.1, 0.15) is 18.2 Å². The zero-order chi connectivity index (χ0) is 21.8. The second kappa shape index (κ2) is 9.35.